The molecule has 0 saturated heterocycles. The molecule has 1 aromatic rings. The zero-order valence-electron chi connectivity index (χ0n) is 7.73. The van der Waals surface area contributed by atoms with Gasteiger partial charge in [0.2, 0.25) is 11.9 Å². The molecule has 5 heteroatoms. The quantitative estimate of drug-likeness (QED) is 0.704. The van der Waals surface area contributed by atoms with Crippen molar-refractivity contribution in [2.75, 3.05) is 5.32 Å². The van der Waals surface area contributed by atoms with Crippen molar-refractivity contribution in [2.24, 2.45) is 5.92 Å². The zero-order chi connectivity index (χ0) is 9.80. The summed E-state index contributed by atoms with van der Waals surface area (Å²) in [7, 11) is 0. The Morgan fingerprint density at radius 2 is 2.64 bits per heavy atom. The van der Waals surface area contributed by atoms with Gasteiger partial charge in [-0.3, -0.25) is 10.1 Å². The van der Waals surface area contributed by atoms with E-state index in [9.17, 15) is 4.79 Å². The summed E-state index contributed by atoms with van der Waals surface area (Å²) in [6.07, 6.45) is 8.26. The van der Waals surface area contributed by atoms with Gasteiger partial charge in [0.1, 0.15) is 6.33 Å². The van der Waals surface area contributed by atoms with Crippen LogP contribution in [-0.4, -0.2) is 21.1 Å². The average molecular weight is 192 g/mol. The standard InChI is InChI=1S/C9H12N4O/c14-8(5-7-3-1-2-4-7)12-9-10-6-11-13-9/h1,3,6-7H,2,4-5H2,(H2,10,11,12,13,14). The monoisotopic (exact) mass is 192 g/mol. The minimum atomic E-state index is -0.0155. The fourth-order valence-electron chi connectivity index (χ4n) is 1.55. The lowest BCUT2D eigenvalue weighted by Crippen LogP contribution is -2.15. The van der Waals surface area contributed by atoms with Crippen LogP contribution in [0.1, 0.15) is 19.3 Å². The summed E-state index contributed by atoms with van der Waals surface area (Å²) in [4.78, 5) is 15.2. The Balaban J connectivity index is 1.81. The first-order valence-electron chi connectivity index (χ1n) is 4.66. The topological polar surface area (TPSA) is 70.7 Å². The number of aromatic nitrogens is 3. The van der Waals surface area contributed by atoms with Gasteiger partial charge < -0.3 is 0 Å². The van der Waals surface area contributed by atoms with Crippen molar-refractivity contribution in [1.29, 1.82) is 0 Å². The molecule has 1 heterocycles. The largest absolute Gasteiger partial charge is 0.295 e. The fraction of sp³-hybridized carbons (Fsp3) is 0.444. The summed E-state index contributed by atoms with van der Waals surface area (Å²) in [5.41, 5.74) is 0. The average Bonchev–Trinajstić information content (AvgIpc) is 2.76. The van der Waals surface area contributed by atoms with E-state index in [1.54, 1.807) is 0 Å². The first-order chi connectivity index (χ1) is 6.84. The van der Waals surface area contributed by atoms with Gasteiger partial charge in [0.15, 0.2) is 0 Å². The van der Waals surface area contributed by atoms with Gasteiger partial charge in [-0.15, -0.1) is 0 Å². The highest BCUT2D eigenvalue weighted by Crippen LogP contribution is 2.20. The van der Waals surface area contributed by atoms with Crippen molar-refractivity contribution in [2.45, 2.75) is 19.3 Å². The van der Waals surface area contributed by atoms with Gasteiger partial charge >= 0.3 is 0 Å². The van der Waals surface area contributed by atoms with E-state index >= 15 is 0 Å². The molecule has 0 aliphatic heterocycles. The Morgan fingerprint density at radius 1 is 1.71 bits per heavy atom. The lowest BCUT2D eigenvalue weighted by atomic mass is 10.1. The van der Waals surface area contributed by atoms with Crippen molar-refractivity contribution in [3.8, 4) is 0 Å². The highest BCUT2D eigenvalue weighted by molar-refractivity contribution is 5.89. The molecule has 0 aromatic carbocycles. The summed E-state index contributed by atoms with van der Waals surface area (Å²) in [5, 5.41) is 8.87. The lowest BCUT2D eigenvalue weighted by Gasteiger charge is -2.05. The summed E-state index contributed by atoms with van der Waals surface area (Å²) >= 11 is 0. The molecule has 74 valence electrons. The van der Waals surface area contributed by atoms with Crippen LogP contribution < -0.4 is 5.32 Å². The van der Waals surface area contributed by atoms with Gasteiger partial charge in [-0.1, -0.05) is 12.2 Å². The Bertz CT molecular complexity index is 331. The molecule has 2 N–H and O–H groups in total. The highest BCUT2D eigenvalue weighted by Gasteiger charge is 2.14. The van der Waals surface area contributed by atoms with Crippen LogP contribution in [0.15, 0.2) is 18.5 Å². The minimum Gasteiger partial charge on any atom is -0.295 e. The number of nitrogens with zero attached hydrogens (tertiary/aromatic N) is 2. The maximum absolute atomic E-state index is 11.4. The van der Waals surface area contributed by atoms with E-state index in [1.807, 2.05) is 0 Å². The maximum atomic E-state index is 11.4. The first-order valence-corrected chi connectivity index (χ1v) is 4.66. The Kier molecular flexibility index (Phi) is 2.58. The van der Waals surface area contributed by atoms with E-state index in [4.69, 9.17) is 0 Å². The summed E-state index contributed by atoms with van der Waals surface area (Å²) in [5.74, 6) is 0.785. The molecule has 1 atom stereocenters. The van der Waals surface area contributed by atoms with Gasteiger partial charge in [0, 0.05) is 6.42 Å². The second kappa shape index (κ2) is 4.04. The van der Waals surface area contributed by atoms with Gasteiger partial charge in [0.05, 0.1) is 0 Å². The zero-order valence-corrected chi connectivity index (χ0v) is 7.73. The van der Waals surface area contributed by atoms with E-state index in [0.29, 0.717) is 18.3 Å². The summed E-state index contributed by atoms with van der Waals surface area (Å²) in [6, 6.07) is 0. The third kappa shape index (κ3) is 2.18. The molecule has 1 unspecified atom stereocenters. The smallest absolute Gasteiger partial charge is 0.227 e. The Labute approximate surface area is 81.6 Å². The number of hydrogen-bond acceptors (Lipinski definition) is 3. The van der Waals surface area contributed by atoms with Crippen LogP contribution in [0.25, 0.3) is 0 Å². The summed E-state index contributed by atoms with van der Waals surface area (Å²) in [6.45, 7) is 0. The Hall–Kier alpha value is -1.65. The van der Waals surface area contributed by atoms with E-state index in [-0.39, 0.29) is 5.91 Å². The number of hydrogen-bond donors (Lipinski definition) is 2. The predicted octanol–water partition coefficient (Wildman–Crippen LogP) is 1.10. The van der Waals surface area contributed by atoms with Gasteiger partial charge in [-0.05, 0) is 18.8 Å². The first kappa shape index (κ1) is 8.93. The lowest BCUT2D eigenvalue weighted by molar-refractivity contribution is -0.116. The van der Waals surface area contributed by atoms with E-state index in [0.717, 1.165) is 12.8 Å². The van der Waals surface area contributed by atoms with Crippen LogP contribution in [0.2, 0.25) is 0 Å². The predicted molar refractivity (Wildman–Crippen MR) is 51.5 cm³/mol. The van der Waals surface area contributed by atoms with Crippen molar-refractivity contribution in [3.63, 3.8) is 0 Å². The molecule has 0 spiro atoms. The third-order valence-electron chi connectivity index (χ3n) is 2.23. The number of amides is 1. The number of H-pyrrole nitrogens is 1. The molecule has 14 heavy (non-hydrogen) atoms. The molecule has 1 amide bonds. The number of carbonyl (C=O) groups is 1. The second-order valence-corrected chi connectivity index (χ2v) is 3.35. The number of carbonyl (C=O) groups excluding carboxylic acids is 1. The van der Waals surface area contributed by atoms with Crippen molar-refractivity contribution < 1.29 is 4.79 Å². The number of nitrogens with one attached hydrogen (secondary N) is 2. The SMILES string of the molecule is O=C(CC1C=CCC1)Nc1ncn[nH]1. The molecule has 0 fully saturated rings. The molecule has 0 bridgehead atoms. The van der Waals surface area contributed by atoms with Gasteiger partial charge in [-0.25, -0.2) is 5.10 Å². The molecule has 5 nitrogen and oxygen atoms in total. The molecule has 1 aliphatic carbocycles. The molecule has 2 rings (SSSR count). The normalized spacial score (nSPS) is 19.9. The summed E-state index contributed by atoms with van der Waals surface area (Å²) < 4.78 is 0. The van der Waals surface area contributed by atoms with Crippen LogP contribution in [0.3, 0.4) is 0 Å². The third-order valence-corrected chi connectivity index (χ3v) is 2.23. The number of anilines is 1. The second-order valence-electron chi connectivity index (χ2n) is 3.35. The number of aromatic amines is 1. The minimum absolute atomic E-state index is 0.0155. The van der Waals surface area contributed by atoms with Crippen molar-refractivity contribution >= 4 is 11.9 Å². The van der Waals surface area contributed by atoms with Crippen LogP contribution in [0.5, 0.6) is 0 Å². The molecule has 0 saturated carbocycles. The van der Waals surface area contributed by atoms with Crippen LogP contribution in [-0.2, 0) is 4.79 Å². The molecule has 1 aliphatic rings. The van der Waals surface area contributed by atoms with Crippen LogP contribution in [0.4, 0.5) is 5.95 Å². The molecule has 1 aromatic heterocycles. The van der Waals surface area contributed by atoms with Crippen molar-refractivity contribution in [3.05, 3.63) is 18.5 Å². The van der Waals surface area contributed by atoms with Gasteiger partial charge in [0.25, 0.3) is 0 Å². The fourth-order valence-corrected chi connectivity index (χ4v) is 1.55. The van der Waals surface area contributed by atoms with Crippen molar-refractivity contribution in [1.82, 2.24) is 15.2 Å². The number of allylic oxidation sites excluding steroid dienone is 2. The number of rotatable bonds is 3. The molecular formula is C9H12N4O. The maximum Gasteiger partial charge on any atom is 0.227 e. The molecular weight excluding hydrogens is 180 g/mol. The molecule has 0 radical (unpaired) electrons. The van der Waals surface area contributed by atoms with E-state index in [1.165, 1.54) is 6.33 Å². The highest BCUT2D eigenvalue weighted by atomic mass is 16.1. The Morgan fingerprint density at radius 3 is 3.29 bits per heavy atom. The van der Waals surface area contributed by atoms with Crippen LogP contribution in [0, 0.1) is 5.92 Å². The van der Waals surface area contributed by atoms with E-state index in [2.05, 4.69) is 32.7 Å². The van der Waals surface area contributed by atoms with E-state index < -0.39 is 0 Å². The van der Waals surface area contributed by atoms with Gasteiger partial charge in [-0.2, -0.15) is 10.1 Å². The van der Waals surface area contributed by atoms with Crippen LogP contribution >= 0.6 is 0 Å².